The zero-order chi connectivity index (χ0) is 19.2. The molecule has 0 fully saturated rings. The summed E-state index contributed by atoms with van der Waals surface area (Å²) in [5, 5.41) is 13.4. The highest BCUT2D eigenvalue weighted by Gasteiger charge is 2.31. The Morgan fingerprint density at radius 2 is 2.15 bits per heavy atom. The highest BCUT2D eigenvalue weighted by atomic mass is 35.5. The van der Waals surface area contributed by atoms with Gasteiger partial charge in [0.15, 0.2) is 0 Å². The molecule has 1 unspecified atom stereocenters. The Hall–Kier alpha value is -1.92. The van der Waals surface area contributed by atoms with E-state index in [0.29, 0.717) is 18.1 Å². The summed E-state index contributed by atoms with van der Waals surface area (Å²) in [7, 11) is 1.54. The van der Waals surface area contributed by atoms with Gasteiger partial charge in [-0.3, -0.25) is 4.79 Å². The molecule has 1 amide bonds. The van der Waals surface area contributed by atoms with Crippen molar-refractivity contribution >= 4 is 17.5 Å². The number of carbonyl (C=O) groups is 1. The van der Waals surface area contributed by atoms with Crippen LogP contribution in [0, 0.1) is 0 Å². The Morgan fingerprint density at radius 3 is 2.93 bits per heavy atom. The lowest BCUT2D eigenvalue weighted by Crippen LogP contribution is -2.45. The molecule has 1 aliphatic rings. The van der Waals surface area contributed by atoms with Gasteiger partial charge in [0, 0.05) is 25.2 Å². The molecule has 1 heterocycles. The molecule has 1 aliphatic heterocycles. The van der Waals surface area contributed by atoms with Crippen LogP contribution in [0.5, 0.6) is 0 Å². The van der Waals surface area contributed by atoms with E-state index in [2.05, 4.69) is 17.4 Å². The van der Waals surface area contributed by atoms with Crippen molar-refractivity contribution in [3.05, 3.63) is 70.2 Å². The van der Waals surface area contributed by atoms with Crippen molar-refractivity contribution in [2.45, 2.75) is 18.6 Å². The molecule has 0 saturated heterocycles. The number of aliphatic hydroxyl groups excluding tert-OH is 1. The molecule has 2 atom stereocenters. The molecule has 0 spiro atoms. The van der Waals surface area contributed by atoms with Gasteiger partial charge in [-0.15, -0.1) is 0 Å². The first kappa shape index (κ1) is 19.8. The van der Waals surface area contributed by atoms with Crippen LogP contribution in [0.3, 0.4) is 0 Å². The molecule has 144 valence electrons. The number of hydrogen-bond donors (Lipinski definition) is 2. The topological polar surface area (TPSA) is 61.8 Å². The van der Waals surface area contributed by atoms with Crippen molar-refractivity contribution < 1.29 is 14.6 Å². The molecule has 0 aromatic heterocycles. The van der Waals surface area contributed by atoms with Crippen molar-refractivity contribution in [3.63, 3.8) is 0 Å². The molecule has 2 aromatic carbocycles. The van der Waals surface area contributed by atoms with E-state index in [0.717, 1.165) is 17.5 Å². The predicted octanol–water partition coefficient (Wildman–Crippen LogP) is 2.41. The minimum Gasteiger partial charge on any atom is -0.389 e. The second-order valence-corrected chi connectivity index (χ2v) is 7.17. The molecule has 2 N–H and O–H groups in total. The van der Waals surface area contributed by atoms with Gasteiger partial charge in [-0.2, -0.15) is 0 Å². The summed E-state index contributed by atoms with van der Waals surface area (Å²) < 4.78 is 4.90. The lowest BCUT2D eigenvalue weighted by Gasteiger charge is -2.38. The zero-order valence-electron chi connectivity index (χ0n) is 15.4. The van der Waals surface area contributed by atoms with Gasteiger partial charge in [0.05, 0.1) is 25.3 Å². The maximum absolute atomic E-state index is 12.9. The third kappa shape index (κ3) is 4.87. The Kier molecular flexibility index (Phi) is 6.85. The fraction of sp³-hybridized carbons (Fsp3) is 0.381. The molecular formula is C21H25ClN2O3. The first-order valence-electron chi connectivity index (χ1n) is 9.10. The van der Waals surface area contributed by atoms with Crippen molar-refractivity contribution in [2.75, 3.05) is 33.4 Å². The van der Waals surface area contributed by atoms with Gasteiger partial charge in [0.2, 0.25) is 5.91 Å². The van der Waals surface area contributed by atoms with Crippen LogP contribution in [0.1, 0.15) is 22.7 Å². The minimum absolute atomic E-state index is 0.000838. The molecule has 27 heavy (non-hydrogen) atoms. The van der Waals surface area contributed by atoms with Gasteiger partial charge in [0.25, 0.3) is 0 Å². The molecule has 0 aliphatic carbocycles. The number of nitrogens with zero attached hydrogens (tertiary/aromatic N) is 1. The largest absolute Gasteiger partial charge is 0.389 e. The number of amides is 1. The number of fused-ring (bicyclic) bond motifs is 1. The fourth-order valence-electron chi connectivity index (χ4n) is 3.57. The normalized spacial score (nSPS) is 17.4. The highest BCUT2D eigenvalue weighted by molar-refractivity contribution is 6.30. The van der Waals surface area contributed by atoms with Gasteiger partial charge in [-0.25, -0.2) is 0 Å². The summed E-state index contributed by atoms with van der Waals surface area (Å²) in [5.41, 5.74) is 3.40. The summed E-state index contributed by atoms with van der Waals surface area (Å²) in [6.07, 6.45) is 0.194. The number of nitrogens with one attached hydrogen (secondary N) is 1. The Morgan fingerprint density at radius 1 is 1.33 bits per heavy atom. The van der Waals surface area contributed by atoms with Crippen molar-refractivity contribution in [2.24, 2.45) is 0 Å². The lowest BCUT2D eigenvalue weighted by atomic mass is 9.88. The van der Waals surface area contributed by atoms with Crippen molar-refractivity contribution in [1.82, 2.24) is 10.2 Å². The van der Waals surface area contributed by atoms with E-state index < -0.39 is 6.10 Å². The number of halogens is 1. The summed E-state index contributed by atoms with van der Waals surface area (Å²) in [6, 6.07) is 15.8. The Balaban J connectivity index is 1.80. The summed E-state index contributed by atoms with van der Waals surface area (Å²) in [5.74, 6) is -0.000838. The van der Waals surface area contributed by atoms with Crippen molar-refractivity contribution in [1.29, 1.82) is 0 Å². The monoisotopic (exact) mass is 388 g/mol. The van der Waals surface area contributed by atoms with Crippen LogP contribution in [0.15, 0.2) is 48.5 Å². The fourth-order valence-corrected chi connectivity index (χ4v) is 3.77. The van der Waals surface area contributed by atoms with Gasteiger partial charge >= 0.3 is 0 Å². The van der Waals surface area contributed by atoms with E-state index in [1.54, 1.807) is 0 Å². The molecule has 6 heteroatoms. The number of aliphatic hydroxyl groups is 1. The highest BCUT2D eigenvalue weighted by Crippen LogP contribution is 2.35. The average Bonchev–Trinajstić information content (AvgIpc) is 2.67. The maximum atomic E-state index is 12.9. The van der Waals surface area contributed by atoms with Gasteiger partial charge in [0.1, 0.15) is 0 Å². The number of carbonyl (C=O) groups excluding carboxylic acids is 1. The quantitative estimate of drug-likeness (QED) is 0.764. The van der Waals surface area contributed by atoms with Crippen LogP contribution in [0.2, 0.25) is 5.02 Å². The van der Waals surface area contributed by atoms with Crippen LogP contribution in [-0.2, 0) is 16.0 Å². The molecule has 3 rings (SSSR count). The number of methoxy groups -OCH3 is 1. The average molecular weight is 389 g/mol. The van der Waals surface area contributed by atoms with Crippen LogP contribution < -0.4 is 5.32 Å². The summed E-state index contributed by atoms with van der Waals surface area (Å²) >= 11 is 6.21. The molecule has 0 saturated carbocycles. The Bertz CT molecular complexity index is 784. The minimum atomic E-state index is -0.631. The number of ether oxygens (including phenoxy) is 1. The second-order valence-electron chi connectivity index (χ2n) is 6.73. The van der Waals surface area contributed by atoms with E-state index >= 15 is 0 Å². The van der Waals surface area contributed by atoms with Crippen LogP contribution >= 0.6 is 11.6 Å². The first-order valence-corrected chi connectivity index (χ1v) is 9.48. The number of rotatable bonds is 7. The van der Waals surface area contributed by atoms with E-state index in [4.69, 9.17) is 16.3 Å². The molecule has 2 aromatic rings. The molecular weight excluding hydrogens is 364 g/mol. The summed E-state index contributed by atoms with van der Waals surface area (Å²) in [4.78, 5) is 14.8. The van der Waals surface area contributed by atoms with Crippen LogP contribution in [0.25, 0.3) is 0 Å². The van der Waals surface area contributed by atoms with E-state index in [-0.39, 0.29) is 25.1 Å². The maximum Gasteiger partial charge on any atom is 0.237 e. The van der Waals surface area contributed by atoms with Gasteiger partial charge in [-0.1, -0.05) is 48.0 Å². The van der Waals surface area contributed by atoms with E-state index in [9.17, 15) is 9.90 Å². The van der Waals surface area contributed by atoms with Crippen LogP contribution in [0.4, 0.5) is 0 Å². The summed E-state index contributed by atoms with van der Waals surface area (Å²) in [6.45, 7) is 1.37. The predicted molar refractivity (Wildman–Crippen MR) is 106 cm³/mol. The smallest absolute Gasteiger partial charge is 0.237 e. The number of hydrogen-bond acceptors (Lipinski definition) is 4. The third-order valence-electron chi connectivity index (χ3n) is 4.78. The number of benzene rings is 2. The zero-order valence-corrected chi connectivity index (χ0v) is 16.2. The van der Waals surface area contributed by atoms with Crippen LogP contribution in [-0.4, -0.2) is 55.4 Å². The SMILES string of the molecule is COC[C@@H](O)CNCC(=O)N1CCc2ccccc2C1c1cccc(Cl)c1. The molecule has 5 nitrogen and oxygen atoms in total. The third-order valence-corrected chi connectivity index (χ3v) is 5.02. The lowest BCUT2D eigenvalue weighted by molar-refractivity contribution is -0.132. The van der Waals surface area contributed by atoms with Crippen molar-refractivity contribution in [3.8, 4) is 0 Å². The van der Waals surface area contributed by atoms with Gasteiger partial charge in [-0.05, 0) is 35.2 Å². The van der Waals surface area contributed by atoms with E-state index in [1.165, 1.54) is 12.7 Å². The van der Waals surface area contributed by atoms with Gasteiger partial charge < -0.3 is 20.1 Å². The van der Waals surface area contributed by atoms with E-state index in [1.807, 2.05) is 41.3 Å². The Labute approximate surface area is 164 Å². The molecule has 0 bridgehead atoms. The first-order chi connectivity index (χ1) is 13.1. The standard InChI is InChI=1S/C21H25ClN2O3/c1-27-14-18(25)12-23-13-20(26)24-10-9-15-5-2-3-8-19(15)21(24)16-6-4-7-17(22)11-16/h2-8,11,18,21,23,25H,9-10,12-14H2,1H3/t18-,21?/m0/s1. The molecule has 0 radical (unpaired) electrons. The second kappa shape index (κ2) is 9.33.